The summed E-state index contributed by atoms with van der Waals surface area (Å²) in [5, 5.41) is 76.4. The fourth-order valence-corrected chi connectivity index (χ4v) is 10.6. The van der Waals surface area contributed by atoms with Crippen LogP contribution in [0.4, 0.5) is 0 Å². The number of ether oxygens (including phenoxy) is 2. The van der Waals surface area contributed by atoms with E-state index in [1.54, 1.807) is 0 Å². The lowest BCUT2D eigenvalue weighted by atomic mass is 9.98. The Morgan fingerprint density at radius 1 is 0.430 bits per heavy atom. The van der Waals surface area contributed by atoms with Gasteiger partial charge in [0.25, 0.3) is 0 Å². The highest BCUT2D eigenvalue weighted by atomic mass is 16.7. The molecule has 1 saturated heterocycles. The van der Waals surface area contributed by atoms with Crippen LogP contribution in [0.15, 0.2) is 48.6 Å². The first-order chi connectivity index (χ1) is 38.7. The van der Waals surface area contributed by atoms with Crippen molar-refractivity contribution in [2.24, 2.45) is 0 Å². The molecule has 1 aliphatic heterocycles. The van der Waals surface area contributed by atoms with Gasteiger partial charge in [0.1, 0.15) is 36.6 Å². The Morgan fingerprint density at radius 3 is 1.13 bits per heavy atom. The third kappa shape index (κ3) is 44.3. The van der Waals surface area contributed by atoms with Crippen LogP contribution in [-0.4, -0.2) is 110 Å². The van der Waals surface area contributed by atoms with Gasteiger partial charge in [-0.3, -0.25) is 4.79 Å². The quantitative estimate of drug-likeness (QED) is 0.0215. The molecule has 464 valence electrons. The molecule has 9 unspecified atom stereocenters. The molecule has 0 bridgehead atoms. The first-order valence-electron chi connectivity index (χ1n) is 33.5. The lowest BCUT2D eigenvalue weighted by Crippen LogP contribution is -2.60. The van der Waals surface area contributed by atoms with Crippen molar-refractivity contribution >= 4 is 5.91 Å². The van der Waals surface area contributed by atoms with Crippen molar-refractivity contribution < 1.29 is 50.0 Å². The maximum atomic E-state index is 13.2. The molecule has 9 atom stereocenters. The predicted molar refractivity (Wildman–Crippen MR) is 330 cm³/mol. The van der Waals surface area contributed by atoms with Crippen molar-refractivity contribution in [3.63, 3.8) is 0 Å². The molecular formula is C68H127NO10. The Hall–Kier alpha value is -1.93. The van der Waals surface area contributed by atoms with Crippen LogP contribution in [0, 0.1) is 0 Å². The smallest absolute Gasteiger partial charge is 0.249 e. The zero-order chi connectivity index (χ0) is 57.5. The van der Waals surface area contributed by atoms with Crippen molar-refractivity contribution in [2.45, 2.75) is 364 Å². The molecule has 8 N–H and O–H groups in total. The Balaban J connectivity index is 2.28. The van der Waals surface area contributed by atoms with Crippen molar-refractivity contribution in [3.05, 3.63) is 48.6 Å². The molecule has 0 spiro atoms. The van der Waals surface area contributed by atoms with Crippen LogP contribution in [0.5, 0.6) is 0 Å². The van der Waals surface area contributed by atoms with Gasteiger partial charge in [-0.05, 0) is 89.9 Å². The molecule has 0 radical (unpaired) electrons. The molecule has 79 heavy (non-hydrogen) atoms. The average Bonchev–Trinajstić information content (AvgIpc) is 3.46. The number of aliphatic hydroxyl groups is 7. The first kappa shape index (κ1) is 75.1. The fourth-order valence-electron chi connectivity index (χ4n) is 10.6. The maximum Gasteiger partial charge on any atom is 0.249 e. The van der Waals surface area contributed by atoms with Crippen molar-refractivity contribution in [1.82, 2.24) is 5.32 Å². The lowest BCUT2D eigenvalue weighted by Gasteiger charge is -2.40. The van der Waals surface area contributed by atoms with Gasteiger partial charge in [-0.25, -0.2) is 0 Å². The molecule has 1 amide bonds. The largest absolute Gasteiger partial charge is 0.394 e. The van der Waals surface area contributed by atoms with E-state index in [1.165, 1.54) is 218 Å². The van der Waals surface area contributed by atoms with Crippen molar-refractivity contribution in [2.75, 3.05) is 13.2 Å². The molecule has 0 aliphatic carbocycles. The van der Waals surface area contributed by atoms with Gasteiger partial charge >= 0.3 is 0 Å². The van der Waals surface area contributed by atoms with Crippen LogP contribution in [0.1, 0.15) is 309 Å². The highest BCUT2D eigenvalue weighted by molar-refractivity contribution is 5.80. The maximum absolute atomic E-state index is 13.2. The number of amides is 1. The summed E-state index contributed by atoms with van der Waals surface area (Å²) in [6, 6.07) is -1.20. The second kappa shape index (κ2) is 56.5. The monoisotopic (exact) mass is 1120 g/mol. The van der Waals surface area contributed by atoms with Crippen LogP contribution in [0.3, 0.4) is 0 Å². The van der Waals surface area contributed by atoms with Crippen LogP contribution in [0.2, 0.25) is 0 Å². The Morgan fingerprint density at radius 2 is 0.759 bits per heavy atom. The second-order valence-electron chi connectivity index (χ2n) is 23.5. The van der Waals surface area contributed by atoms with Gasteiger partial charge in [0.05, 0.1) is 25.4 Å². The van der Waals surface area contributed by atoms with Crippen molar-refractivity contribution in [1.29, 1.82) is 0 Å². The summed E-state index contributed by atoms with van der Waals surface area (Å²) < 4.78 is 11.2. The minimum absolute atomic E-state index is 0.240. The SMILES string of the molecule is CCCCCCCCCCCCCC/C=C\CCCCCCCCCCCC(O)C(=O)NC(COC1OC(CO)C(O)C(O)C1O)C(O)C(O)CCC/C=C/CC/C=C/CC/C=C/CCCCCCCCCCCCCCCC. The number of hydrogen-bond donors (Lipinski definition) is 8. The fraction of sp³-hybridized carbons (Fsp3) is 0.868. The Bertz CT molecular complexity index is 1420. The summed E-state index contributed by atoms with van der Waals surface area (Å²) in [6.45, 7) is 3.48. The number of aliphatic hydroxyl groups excluding tert-OH is 7. The second-order valence-corrected chi connectivity index (χ2v) is 23.5. The van der Waals surface area contributed by atoms with E-state index in [0.29, 0.717) is 19.3 Å². The standard InChI is InChI=1S/C68H127NO10/c1-3-5-7-9-11-13-15-17-19-21-23-25-27-29-30-32-33-35-37-39-41-43-45-47-49-51-53-55-60(71)63(73)59(58-78-68-66(76)65(75)64(74)62(57-70)79-68)69-67(77)61(72)56-54-52-50-48-46-44-42-40-38-36-34-31-28-26-24-22-20-18-16-14-12-10-8-6-4-2/h31-34,39,41,47,49,59-66,68,70-76H,3-30,35-38,40,42-46,48,50-58H2,1-2H3,(H,69,77)/b33-32+,34-31-,41-39+,49-47+. The van der Waals surface area contributed by atoms with Crippen LogP contribution >= 0.6 is 0 Å². The van der Waals surface area contributed by atoms with Crippen molar-refractivity contribution in [3.8, 4) is 0 Å². The van der Waals surface area contributed by atoms with Gasteiger partial charge < -0.3 is 50.5 Å². The number of carbonyl (C=O) groups is 1. The van der Waals surface area contributed by atoms with Crippen LogP contribution in [0.25, 0.3) is 0 Å². The molecule has 0 aromatic carbocycles. The number of rotatable bonds is 58. The molecule has 1 rings (SSSR count). The minimum atomic E-state index is -1.68. The van der Waals surface area contributed by atoms with Gasteiger partial charge in [-0.15, -0.1) is 0 Å². The van der Waals surface area contributed by atoms with Gasteiger partial charge in [0.2, 0.25) is 5.91 Å². The molecule has 1 heterocycles. The third-order valence-electron chi connectivity index (χ3n) is 16.1. The van der Waals surface area contributed by atoms with Gasteiger partial charge in [-0.1, -0.05) is 268 Å². The van der Waals surface area contributed by atoms with E-state index in [0.717, 1.165) is 44.9 Å². The van der Waals surface area contributed by atoms with E-state index in [1.807, 2.05) is 0 Å². The lowest BCUT2D eigenvalue weighted by molar-refractivity contribution is -0.303. The van der Waals surface area contributed by atoms with Crippen LogP contribution in [-0.2, 0) is 14.3 Å². The third-order valence-corrected chi connectivity index (χ3v) is 16.1. The minimum Gasteiger partial charge on any atom is -0.394 e. The van der Waals surface area contributed by atoms with Gasteiger partial charge in [0.15, 0.2) is 6.29 Å². The number of hydrogen-bond acceptors (Lipinski definition) is 10. The molecule has 0 aromatic heterocycles. The van der Waals surface area contributed by atoms with Crippen LogP contribution < -0.4 is 5.32 Å². The summed E-state index contributed by atoms with van der Waals surface area (Å²) in [6.07, 6.45) is 61.8. The number of unbranched alkanes of at least 4 members (excludes halogenated alkanes) is 38. The number of nitrogens with one attached hydrogen (secondary N) is 1. The summed E-state index contributed by atoms with van der Waals surface area (Å²) in [4.78, 5) is 13.2. The van der Waals surface area contributed by atoms with E-state index in [2.05, 4.69) is 67.8 Å². The summed E-state index contributed by atoms with van der Waals surface area (Å²) >= 11 is 0. The average molecular weight is 1120 g/mol. The zero-order valence-corrected chi connectivity index (χ0v) is 51.1. The van der Waals surface area contributed by atoms with E-state index in [9.17, 15) is 40.5 Å². The highest BCUT2D eigenvalue weighted by Gasteiger charge is 2.44. The molecule has 1 aliphatic rings. The van der Waals surface area contributed by atoms with Gasteiger partial charge in [-0.2, -0.15) is 0 Å². The topological polar surface area (TPSA) is 189 Å². The summed E-state index contributed by atoms with van der Waals surface area (Å²) in [7, 11) is 0. The summed E-state index contributed by atoms with van der Waals surface area (Å²) in [5.74, 6) is -0.711. The Kier molecular flexibility index (Phi) is 53.7. The molecule has 0 aromatic rings. The first-order valence-corrected chi connectivity index (χ1v) is 33.5. The van der Waals surface area contributed by atoms with E-state index < -0.39 is 74.2 Å². The molecule has 11 nitrogen and oxygen atoms in total. The normalized spacial score (nSPS) is 19.6. The van der Waals surface area contributed by atoms with E-state index in [-0.39, 0.29) is 12.8 Å². The molecule has 11 heteroatoms. The van der Waals surface area contributed by atoms with E-state index >= 15 is 0 Å². The van der Waals surface area contributed by atoms with E-state index in [4.69, 9.17) is 9.47 Å². The number of carbonyl (C=O) groups excluding carboxylic acids is 1. The predicted octanol–water partition coefficient (Wildman–Crippen LogP) is 15.6. The molecule has 1 fully saturated rings. The molecular weight excluding hydrogens is 991 g/mol. The number of allylic oxidation sites excluding steroid dienone is 8. The zero-order valence-electron chi connectivity index (χ0n) is 51.1. The Labute approximate surface area is 485 Å². The highest BCUT2D eigenvalue weighted by Crippen LogP contribution is 2.24. The van der Waals surface area contributed by atoms with Gasteiger partial charge in [0, 0.05) is 0 Å². The molecule has 0 saturated carbocycles. The summed E-state index contributed by atoms with van der Waals surface area (Å²) in [5.41, 5.74) is 0.